The summed E-state index contributed by atoms with van der Waals surface area (Å²) < 4.78 is 5.76. The third-order valence-electron chi connectivity index (χ3n) is 4.39. The highest BCUT2D eigenvalue weighted by molar-refractivity contribution is 5.96. The molecule has 2 N–H and O–H groups in total. The van der Waals surface area contributed by atoms with Crippen molar-refractivity contribution in [1.29, 1.82) is 0 Å². The van der Waals surface area contributed by atoms with Gasteiger partial charge in [-0.3, -0.25) is 9.59 Å². The number of benzene rings is 2. The van der Waals surface area contributed by atoms with E-state index in [-0.39, 0.29) is 17.6 Å². The van der Waals surface area contributed by atoms with Gasteiger partial charge in [0.25, 0.3) is 5.91 Å². The van der Waals surface area contributed by atoms with E-state index in [0.717, 1.165) is 11.1 Å². The zero-order valence-electron chi connectivity index (χ0n) is 16.3. The van der Waals surface area contributed by atoms with Crippen molar-refractivity contribution in [2.75, 3.05) is 0 Å². The number of aliphatic hydroxyl groups excluding tert-OH is 1. The van der Waals surface area contributed by atoms with Crippen molar-refractivity contribution in [2.24, 2.45) is 0 Å². The average molecular weight is 390 g/mol. The summed E-state index contributed by atoms with van der Waals surface area (Å²) in [7, 11) is 0. The smallest absolute Gasteiger partial charge is 0.257 e. The van der Waals surface area contributed by atoms with E-state index in [1.807, 2.05) is 24.3 Å². The molecule has 148 valence electrons. The molecular weight excluding hydrogens is 368 g/mol. The van der Waals surface area contributed by atoms with Crippen LogP contribution < -0.4 is 10.1 Å². The van der Waals surface area contributed by atoms with Gasteiger partial charge in [0.2, 0.25) is 5.88 Å². The Morgan fingerprint density at radius 1 is 1.10 bits per heavy atom. The molecular formula is C23H22N2O4. The van der Waals surface area contributed by atoms with Crippen LogP contribution in [0, 0.1) is 0 Å². The number of aliphatic hydroxyl groups is 1. The highest BCUT2D eigenvalue weighted by atomic mass is 16.5. The van der Waals surface area contributed by atoms with E-state index in [1.54, 1.807) is 43.3 Å². The van der Waals surface area contributed by atoms with Crippen molar-refractivity contribution in [1.82, 2.24) is 10.3 Å². The average Bonchev–Trinajstić information content (AvgIpc) is 2.73. The molecule has 3 aromatic rings. The fraction of sp³-hybridized carbons (Fsp3) is 0.174. The number of ether oxygens (including phenoxy) is 1. The topological polar surface area (TPSA) is 88.5 Å². The monoisotopic (exact) mass is 390 g/mol. The molecule has 1 heterocycles. The minimum absolute atomic E-state index is 0.0731. The molecule has 6 nitrogen and oxygen atoms in total. The third kappa shape index (κ3) is 5.27. The summed E-state index contributed by atoms with van der Waals surface area (Å²) in [6.07, 6.45) is 1.01. The Labute approximate surface area is 169 Å². The number of hydrogen-bond acceptors (Lipinski definition) is 5. The number of amides is 1. The zero-order chi connectivity index (χ0) is 20.8. The largest absolute Gasteiger partial charge is 0.438 e. The quantitative estimate of drug-likeness (QED) is 0.594. The van der Waals surface area contributed by atoms with Crippen molar-refractivity contribution in [3.05, 3.63) is 89.1 Å². The van der Waals surface area contributed by atoms with E-state index < -0.39 is 6.10 Å². The van der Waals surface area contributed by atoms with Crippen molar-refractivity contribution in [3.63, 3.8) is 0 Å². The molecule has 0 bridgehead atoms. The molecule has 2 aromatic carbocycles. The van der Waals surface area contributed by atoms with Gasteiger partial charge in [-0.15, -0.1) is 0 Å². The molecule has 29 heavy (non-hydrogen) atoms. The summed E-state index contributed by atoms with van der Waals surface area (Å²) in [4.78, 5) is 28.4. The molecule has 0 aliphatic heterocycles. The maximum absolute atomic E-state index is 12.7. The van der Waals surface area contributed by atoms with Gasteiger partial charge in [0.15, 0.2) is 5.78 Å². The molecule has 0 spiro atoms. The maximum atomic E-state index is 12.7. The Kier molecular flexibility index (Phi) is 6.36. The number of pyridine rings is 1. The Hall–Kier alpha value is -3.51. The van der Waals surface area contributed by atoms with Gasteiger partial charge in [0.05, 0.1) is 6.10 Å². The van der Waals surface area contributed by atoms with Gasteiger partial charge in [-0.05, 0) is 49.2 Å². The van der Waals surface area contributed by atoms with E-state index in [2.05, 4.69) is 10.3 Å². The van der Waals surface area contributed by atoms with E-state index in [0.29, 0.717) is 23.4 Å². The van der Waals surface area contributed by atoms with Crippen LogP contribution in [0.1, 0.15) is 51.8 Å². The van der Waals surface area contributed by atoms with Gasteiger partial charge in [-0.2, -0.15) is 0 Å². The molecule has 0 aliphatic rings. The summed E-state index contributed by atoms with van der Waals surface area (Å²) in [5.74, 6) is 0.195. The second kappa shape index (κ2) is 9.12. The van der Waals surface area contributed by atoms with Crippen molar-refractivity contribution < 1.29 is 19.4 Å². The lowest BCUT2D eigenvalue weighted by Gasteiger charge is -2.11. The van der Waals surface area contributed by atoms with Crippen LogP contribution in [0.25, 0.3) is 0 Å². The second-order valence-corrected chi connectivity index (χ2v) is 6.64. The summed E-state index contributed by atoms with van der Waals surface area (Å²) in [6.45, 7) is 3.51. The minimum atomic E-state index is -0.532. The first-order valence-electron chi connectivity index (χ1n) is 9.23. The predicted molar refractivity (Wildman–Crippen MR) is 109 cm³/mol. The van der Waals surface area contributed by atoms with E-state index in [9.17, 15) is 14.7 Å². The number of ketones is 1. The van der Waals surface area contributed by atoms with E-state index in [4.69, 9.17) is 4.74 Å². The number of carbonyl (C=O) groups is 2. The van der Waals surface area contributed by atoms with Gasteiger partial charge in [-0.25, -0.2) is 4.98 Å². The predicted octanol–water partition coefficient (Wildman–Crippen LogP) is 4.06. The first-order chi connectivity index (χ1) is 13.9. The number of nitrogens with one attached hydrogen (secondary N) is 1. The van der Waals surface area contributed by atoms with Crippen molar-refractivity contribution in [2.45, 2.75) is 26.5 Å². The van der Waals surface area contributed by atoms with Gasteiger partial charge in [-0.1, -0.05) is 36.4 Å². The maximum Gasteiger partial charge on any atom is 0.257 e. The number of hydrogen-bond donors (Lipinski definition) is 2. The van der Waals surface area contributed by atoms with Crippen LogP contribution in [0.5, 0.6) is 11.6 Å². The summed E-state index contributed by atoms with van der Waals surface area (Å²) in [6, 6.07) is 17.4. The van der Waals surface area contributed by atoms with Crippen LogP contribution >= 0.6 is 0 Å². The molecule has 3 rings (SSSR count). The molecule has 0 aliphatic carbocycles. The lowest BCUT2D eigenvalue weighted by molar-refractivity contribution is 0.0946. The molecule has 1 aromatic heterocycles. The number of aromatic nitrogens is 1. The standard InChI is InChI=1S/C23H22N2O4/c1-15(26)18-10-8-17(9-11-18)14-25-22(28)21-7-4-12-24-23(21)29-20-6-3-5-19(13-20)16(2)27/h3-13,15,26H,14H2,1-2H3,(H,25,28). The number of rotatable bonds is 7. The van der Waals surface area contributed by atoms with Gasteiger partial charge in [0.1, 0.15) is 11.3 Å². The lowest BCUT2D eigenvalue weighted by Crippen LogP contribution is -2.23. The number of Topliss-reactive ketones (excluding diaryl/α,β-unsaturated/α-hetero) is 1. The Balaban J connectivity index is 1.71. The van der Waals surface area contributed by atoms with E-state index >= 15 is 0 Å². The van der Waals surface area contributed by atoms with E-state index in [1.165, 1.54) is 13.1 Å². The normalized spacial score (nSPS) is 11.6. The summed E-state index contributed by atoms with van der Waals surface area (Å²) in [5, 5.41) is 12.4. The molecule has 0 fully saturated rings. The lowest BCUT2D eigenvalue weighted by atomic mass is 10.1. The summed E-state index contributed by atoms with van der Waals surface area (Å²) >= 11 is 0. The van der Waals surface area contributed by atoms with Crippen LogP contribution in [-0.2, 0) is 6.54 Å². The van der Waals surface area contributed by atoms with Crippen molar-refractivity contribution >= 4 is 11.7 Å². The molecule has 0 saturated carbocycles. The SMILES string of the molecule is CC(=O)c1cccc(Oc2ncccc2C(=O)NCc2ccc(C(C)O)cc2)c1. The molecule has 1 unspecified atom stereocenters. The molecule has 0 saturated heterocycles. The Bertz CT molecular complexity index is 1010. The first kappa shape index (κ1) is 20.2. The third-order valence-corrected chi connectivity index (χ3v) is 4.39. The van der Waals surface area contributed by atoms with Crippen molar-refractivity contribution in [3.8, 4) is 11.6 Å². The van der Waals surface area contributed by atoms with Crippen LogP contribution in [0.3, 0.4) is 0 Å². The zero-order valence-corrected chi connectivity index (χ0v) is 16.3. The molecule has 0 radical (unpaired) electrons. The Morgan fingerprint density at radius 3 is 2.55 bits per heavy atom. The fourth-order valence-corrected chi connectivity index (χ4v) is 2.73. The molecule has 1 atom stereocenters. The first-order valence-corrected chi connectivity index (χ1v) is 9.23. The highest BCUT2D eigenvalue weighted by Crippen LogP contribution is 2.24. The highest BCUT2D eigenvalue weighted by Gasteiger charge is 2.15. The minimum Gasteiger partial charge on any atom is -0.438 e. The molecule has 1 amide bonds. The number of nitrogens with zero attached hydrogens (tertiary/aromatic N) is 1. The van der Waals surface area contributed by atoms with Gasteiger partial charge in [0, 0.05) is 18.3 Å². The van der Waals surface area contributed by atoms with Crippen LogP contribution in [-0.4, -0.2) is 21.8 Å². The second-order valence-electron chi connectivity index (χ2n) is 6.64. The summed E-state index contributed by atoms with van der Waals surface area (Å²) in [5.41, 5.74) is 2.53. The Morgan fingerprint density at radius 2 is 1.86 bits per heavy atom. The number of carbonyl (C=O) groups excluding carboxylic acids is 2. The van der Waals surface area contributed by atoms with Crippen LogP contribution in [0.2, 0.25) is 0 Å². The molecule has 6 heteroatoms. The van der Waals surface area contributed by atoms with Crippen LogP contribution in [0.15, 0.2) is 66.9 Å². The van der Waals surface area contributed by atoms with Crippen LogP contribution in [0.4, 0.5) is 0 Å². The fourth-order valence-electron chi connectivity index (χ4n) is 2.73. The van der Waals surface area contributed by atoms with Gasteiger partial charge < -0.3 is 15.2 Å². The van der Waals surface area contributed by atoms with Gasteiger partial charge >= 0.3 is 0 Å².